The Morgan fingerprint density at radius 3 is 2.36 bits per heavy atom. The Kier molecular flexibility index (Phi) is 3.73. The molecule has 0 fully saturated rings. The highest BCUT2D eigenvalue weighted by molar-refractivity contribution is 5.18. The minimum absolute atomic E-state index is 0.0569. The van der Waals surface area contributed by atoms with Crippen LogP contribution in [0.15, 0.2) is 11.6 Å². The van der Waals surface area contributed by atoms with Crippen LogP contribution in [0.1, 0.15) is 33.6 Å². The summed E-state index contributed by atoms with van der Waals surface area (Å²) in [4.78, 5) is 0. The summed E-state index contributed by atoms with van der Waals surface area (Å²) in [5.74, 6) is 0.646. The van der Waals surface area contributed by atoms with Crippen molar-refractivity contribution in [3.63, 3.8) is 0 Å². The molecule has 0 heterocycles. The zero-order valence-electron chi connectivity index (χ0n) is 9.96. The summed E-state index contributed by atoms with van der Waals surface area (Å²) in [5, 5.41) is 0. The number of methoxy groups -OCH3 is 2. The number of allylic oxidation sites excluding steroid dienone is 2. The molecule has 0 saturated carbocycles. The lowest BCUT2D eigenvalue weighted by Crippen LogP contribution is -2.26. The van der Waals surface area contributed by atoms with E-state index in [1.54, 1.807) is 14.2 Å². The maximum absolute atomic E-state index is 5.24. The van der Waals surface area contributed by atoms with Gasteiger partial charge in [0.05, 0.1) is 0 Å². The van der Waals surface area contributed by atoms with E-state index in [1.165, 1.54) is 5.57 Å². The number of rotatable bonds is 4. The predicted molar refractivity (Wildman–Crippen MR) is 58.1 cm³/mol. The van der Waals surface area contributed by atoms with Crippen molar-refractivity contribution >= 4 is 0 Å². The molecule has 0 aromatic carbocycles. The molecule has 82 valence electrons. The van der Waals surface area contributed by atoms with Crippen LogP contribution in [0.3, 0.4) is 0 Å². The number of hydrogen-bond acceptors (Lipinski definition) is 2. The molecule has 2 nitrogen and oxygen atoms in total. The Labute approximate surface area is 87.3 Å². The van der Waals surface area contributed by atoms with Gasteiger partial charge in [0.15, 0.2) is 6.29 Å². The van der Waals surface area contributed by atoms with Crippen LogP contribution in [0.4, 0.5) is 0 Å². The van der Waals surface area contributed by atoms with Crippen molar-refractivity contribution in [2.45, 2.75) is 39.9 Å². The fraction of sp³-hybridized carbons (Fsp3) is 0.833. The molecule has 0 N–H and O–H groups in total. The number of hydrogen-bond donors (Lipinski definition) is 0. The molecule has 2 heteroatoms. The largest absolute Gasteiger partial charge is 0.356 e. The molecule has 0 aromatic rings. The molecular weight excluding hydrogens is 176 g/mol. The van der Waals surface area contributed by atoms with Gasteiger partial charge < -0.3 is 9.47 Å². The van der Waals surface area contributed by atoms with Gasteiger partial charge in [0.2, 0.25) is 0 Å². The van der Waals surface area contributed by atoms with Crippen molar-refractivity contribution in [2.24, 2.45) is 11.3 Å². The first-order valence-electron chi connectivity index (χ1n) is 5.25. The molecule has 0 radical (unpaired) electrons. The van der Waals surface area contributed by atoms with E-state index in [-0.39, 0.29) is 6.29 Å². The standard InChI is InChI=1S/C12H22O2/c1-9-6-7-10(12(9,2)3)8-11(13-4)14-5/h6,10-11H,7-8H2,1-5H3/t10-/m0/s1. The Balaban J connectivity index is 2.56. The fourth-order valence-corrected chi connectivity index (χ4v) is 2.11. The monoisotopic (exact) mass is 198 g/mol. The molecule has 0 bridgehead atoms. The first-order valence-corrected chi connectivity index (χ1v) is 5.25. The van der Waals surface area contributed by atoms with Gasteiger partial charge in [-0.25, -0.2) is 0 Å². The summed E-state index contributed by atoms with van der Waals surface area (Å²) in [6, 6.07) is 0. The molecule has 14 heavy (non-hydrogen) atoms. The highest BCUT2D eigenvalue weighted by Gasteiger charge is 2.36. The summed E-state index contributed by atoms with van der Waals surface area (Å²) >= 11 is 0. The van der Waals surface area contributed by atoms with Gasteiger partial charge in [-0.05, 0) is 24.7 Å². The molecule has 0 saturated heterocycles. The predicted octanol–water partition coefficient (Wildman–Crippen LogP) is 2.99. The van der Waals surface area contributed by atoms with Crippen molar-refractivity contribution in [3.05, 3.63) is 11.6 Å². The third-order valence-electron chi connectivity index (χ3n) is 3.75. The van der Waals surface area contributed by atoms with Crippen molar-refractivity contribution in [1.82, 2.24) is 0 Å². The second kappa shape index (κ2) is 4.45. The molecule has 0 spiro atoms. The Bertz CT molecular complexity index is 214. The first kappa shape index (κ1) is 11.7. The maximum atomic E-state index is 5.24. The van der Waals surface area contributed by atoms with Crippen molar-refractivity contribution in [1.29, 1.82) is 0 Å². The lowest BCUT2D eigenvalue weighted by molar-refractivity contribution is -0.118. The van der Waals surface area contributed by atoms with E-state index in [9.17, 15) is 0 Å². The smallest absolute Gasteiger partial charge is 0.157 e. The minimum atomic E-state index is -0.0569. The third-order valence-corrected chi connectivity index (χ3v) is 3.75. The Hall–Kier alpha value is -0.340. The Morgan fingerprint density at radius 1 is 1.43 bits per heavy atom. The minimum Gasteiger partial charge on any atom is -0.356 e. The van der Waals surface area contributed by atoms with Crippen LogP contribution in [0.25, 0.3) is 0 Å². The van der Waals surface area contributed by atoms with Crippen molar-refractivity contribution in [2.75, 3.05) is 14.2 Å². The second-order valence-corrected chi connectivity index (χ2v) is 4.68. The topological polar surface area (TPSA) is 18.5 Å². The molecule has 0 aliphatic heterocycles. The molecule has 1 aliphatic carbocycles. The van der Waals surface area contributed by atoms with Gasteiger partial charge in [-0.2, -0.15) is 0 Å². The van der Waals surface area contributed by atoms with E-state index < -0.39 is 0 Å². The molecule has 0 aromatic heterocycles. The van der Waals surface area contributed by atoms with Crippen molar-refractivity contribution < 1.29 is 9.47 Å². The van der Waals surface area contributed by atoms with Crippen molar-refractivity contribution in [3.8, 4) is 0 Å². The van der Waals surface area contributed by atoms with Crippen LogP contribution >= 0.6 is 0 Å². The number of ether oxygens (including phenoxy) is 2. The van der Waals surface area contributed by atoms with Gasteiger partial charge in [-0.1, -0.05) is 25.5 Å². The summed E-state index contributed by atoms with van der Waals surface area (Å²) in [5.41, 5.74) is 1.79. The lowest BCUT2D eigenvalue weighted by Gasteiger charge is -2.31. The normalized spacial score (nSPS) is 25.6. The molecule has 0 unspecified atom stereocenters. The first-order chi connectivity index (χ1) is 6.52. The average molecular weight is 198 g/mol. The quantitative estimate of drug-likeness (QED) is 0.510. The van der Waals surface area contributed by atoms with Gasteiger partial charge in [0.25, 0.3) is 0 Å². The molecular formula is C12H22O2. The molecule has 0 amide bonds. The Morgan fingerprint density at radius 2 is 2.00 bits per heavy atom. The summed E-state index contributed by atoms with van der Waals surface area (Å²) < 4.78 is 10.5. The van der Waals surface area contributed by atoms with E-state index in [4.69, 9.17) is 9.47 Å². The van der Waals surface area contributed by atoms with Crippen LogP contribution in [-0.2, 0) is 9.47 Å². The fourth-order valence-electron chi connectivity index (χ4n) is 2.11. The highest BCUT2D eigenvalue weighted by Crippen LogP contribution is 2.45. The second-order valence-electron chi connectivity index (χ2n) is 4.68. The van der Waals surface area contributed by atoms with Gasteiger partial charge in [0.1, 0.15) is 0 Å². The van der Waals surface area contributed by atoms with Crippen LogP contribution < -0.4 is 0 Å². The van der Waals surface area contributed by atoms with Crippen LogP contribution in [0.5, 0.6) is 0 Å². The average Bonchev–Trinajstić information content (AvgIpc) is 2.40. The van der Waals surface area contributed by atoms with Crippen LogP contribution in [0, 0.1) is 11.3 Å². The highest BCUT2D eigenvalue weighted by atomic mass is 16.7. The van der Waals surface area contributed by atoms with Crippen LogP contribution in [-0.4, -0.2) is 20.5 Å². The zero-order chi connectivity index (χ0) is 10.8. The van der Waals surface area contributed by atoms with Crippen LogP contribution in [0.2, 0.25) is 0 Å². The van der Waals surface area contributed by atoms with E-state index in [0.29, 0.717) is 11.3 Å². The summed E-state index contributed by atoms with van der Waals surface area (Å²) in [7, 11) is 3.41. The van der Waals surface area contributed by atoms with Gasteiger partial charge in [-0.3, -0.25) is 0 Å². The van der Waals surface area contributed by atoms with Gasteiger partial charge in [-0.15, -0.1) is 0 Å². The van der Waals surface area contributed by atoms with Gasteiger partial charge in [0, 0.05) is 20.6 Å². The molecule has 1 aliphatic rings. The zero-order valence-corrected chi connectivity index (χ0v) is 9.96. The van der Waals surface area contributed by atoms with E-state index >= 15 is 0 Å². The summed E-state index contributed by atoms with van der Waals surface area (Å²) in [6.45, 7) is 6.83. The maximum Gasteiger partial charge on any atom is 0.157 e. The molecule has 1 rings (SSSR count). The van der Waals surface area contributed by atoms with E-state index in [2.05, 4.69) is 26.8 Å². The van der Waals surface area contributed by atoms with E-state index in [1.807, 2.05) is 0 Å². The molecule has 1 atom stereocenters. The summed E-state index contributed by atoms with van der Waals surface area (Å²) in [6.07, 6.45) is 4.42. The van der Waals surface area contributed by atoms with Gasteiger partial charge >= 0.3 is 0 Å². The van der Waals surface area contributed by atoms with E-state index in [0.717, 1.165) is 12.8 Å². The SMILES string of the molecule is COC(C[C@@H]1CC=C(C)C1(C)C)OC. The third kappa shape index (κ3) is 2.18. The lowest BCUT2D eigenvalue weighted by atomic mass is 9.76.